The van der Waals surface area contributed by atoms with Gasteiger partial charge in [-0.25, -0.2) is 4.98 Å². The molecule has 1 saturated heterocycles. The first-order valence-electron chi connectivity index (χ1n) is 10.8. The van der Waals surface area contributed by atoms with Crippen LogP contribution in [0.1, 0.15) is 47.4 Å². The Morgan fingerprint density at radius 3 is 2.80 bits per heavy atom. The Labute approximate surface area is 177 Å². The van der Waals surface area contributed by atoms with Crippen molar-refractivity contribution in [1.29, 1.82) is 0 Å². The predicted molar refractivity (Wildman–Crippen MR) is 115 cm³/mol. The third kappa shape index (κ3) is 4.78. The molecule has 2 aliphatic rings. The van der Waals surface area contributed by atoms with Crippen molar-refractivity contribution < 1.29 is 9.59 Å². The number of carbonyl (C=O) groups excluding carboxylic acids is 2. The van der Waals surface area contributed by atoms with Gasteiger partial charge in [-0.2, -0.15) is 0 Å². The largest absolute Gasteiger partial charge is 0.370 e. The van der Waals surface area contributed by atoms with Gasteiger partial charge < -0.3 is 15.1 Å². The summed E-state index contributed by atoms with van der Waals surface area (Å²) in [5, 5.41) is 3.05. The quantitative estimate of drug-likeness (QED) is 0.823. The predicted octanol–water partition coefficient (Wildman–Crippen LogP) is 2.35. The van der Waals surface area contributed by atoms with Crippen LogP contribution in [0, 0.1) is 6.92 Å². The fraction of sp³-hybridized carbons (Fsp3) is 0.478. The zero-order valence-electron chi connectivity index (χ0n) is 17.5. The van der Waals surface area contributed by atoms with Crippen LogP contribution in [-0.2, 0) is 11.2 Å². The lowest BCUT2D eigenvalue weighted by Crippen LogP contribution is -2.38. The molecule has 0 aliphatic carbocycles. The molecule has 2 aliphatic heterocycles. The number of carbonyl (C=O) groups is 2. The first kappa shape index (κ1) is 20.3. The third-order valence-corrected chi connectivity index (χ3v) is 6.01. The summed E-state index contributed by atoms with van der Waals surface area (Å²) in [5.74, 6) is 0.00994. The van der Waals surface area contributed by atoms with Gasteiger partial charge in [0.25, 0.3) is 5.91 Å². The zero-order chi connectivity index (χ0) is 20.9. The maximum atomic E-state index is 12.8. The van der Waals surface area contributed by atoms with Gasteiger partial charge in [-0.3, -0.25) is 14.6 Å². The smallest absolute Gasteiger partial charge is 0.271 e. The highest BCUT2D eigenvalue weighted by atomic mass is 16.2. The second-order valence-corrected chi connectivity index (χ2v) is 8.14. The van der Waals surface area contributed by atoms with Crippen molar-refractivity contribution in [3.8, 4) is 0 Å². The normalized spacial score (nSPS) is 18.6. The highest BCUT2D eigenvalue weighted by Crippen LogP contribution is 2.27. The van der Waals surface area contributed by atoms with Gasteiger partial charge in [0.1, 0.15) is 5.69 Å². The van der Waals surface area contributed by atoms with E-state index in [-0.39, 0.29) is 17.9 Å². The van der Waals surface area contributed by atoms with E-state index >= 15 is 0 Å². The lowest BCUT2D eigenvalue weighted by molar-refractivity contribution is -0.130. The highest BCUT2D eigenvalue weighted by molar-refractivity contribution is 5.92. The van der Waals surface area contributed by atoms with Gasteiger partial charge in [0, 0.05) is 50.5 Å². The van der Waals surface area contributed by atoms with E-state index in [1.165, 1.54) is 17.4 Å². The second kappa shape index (κ2) is 9.24. The molecule has 1 aromatic heterocycles. The molecule has 0 unspecified atom stereocenters. The van der Waals surface area contributed by atoms with E-state index in [0.717, 1.165) is 51.0 Å². The van der Waals surface area contributed by atoms with E-state index in [1.54, 1.807) is 6.20 Å². The van der Waals surface area contributed by atoms with Crippen molar-refractivity contribution in [2.75, 3.05) is 31.1 Å². The Hall–Kier alpha value is -2.96. The Balaban J connectivity index is 1.25. The van der Waals surface area contributed by atoms with Crippen LogP contribution in [0.2, 0.25) is 0 Å². The number of aromatic nitrogens is 2. The van der Waals surface area contributed by atoms with Crippen molar-refractivity contribution in [2.45, 2.75) is 45.1 Å². The number of rotatable bonds is 5. The van der Waals surface area contributed by atoms with Crippen LogP contribution in [0.4, 0.5) is 5.69 Å². The molecular weight excluding hydrogens is 378 g/mol. The molecule has 4 rings (SSSR count). The molecule has 2 aromatic rings. The van der Waals surface area contributed by atoms with Gasteiger partial charge in [0.15, 0.2) is 0 Å². The molecule has 0 saturated carbocycles. The van der Waals surface area contributed by atoms with Gasteiger partial charge in [-0.15, -0.1) is 0 Å². The van der Waals surface area contributed by atoms with Gasteiger partial charge in [0.05, 0.1) is 11.9 Å². The number of aryl methyl sites for hydroxylation is 1. The maximum absolute atomic E-state index is 12.8. The number of anilines is 1. The van der Waals surface area contributed by atoms with Crippen LogP contribution < -0.4 is 10.2 Å². The average molecular weight is 408 g/mol. The first-order chi connectivity index (χ1) is 14.6. The van der Waals surface area contributed by atoms with E-state index in [1.807, 2.05) is 11.8 Å². The summed E-state index contributed by atoms with van der Waals surface area (Å²) < 4.78 is 0. The van der Waals surface area contributed by atoms with Crippen molar-refractivity contribution in [3.05, 3.63) is 53.6 Å². The summed E-state index contributed by atoms with van der Waals surface area (Å²) in [4.78, 5) is 37.8. The fourth-order valence-electron chi connectivity index (χ4n) is 4.29. The average Bonchev–Trinajstić information content (AvgIpc) is 3.03. The molecule has 30 heavy (non-hydrogen) atoms. The van der Waals surface area contributed by atoms with Crippen molar-refractivity contribution in [2.24, 2.45) is 0 Å². The number of hydrogen-bond acceptors (Lipinski definition) is 5. The molecule has 1 fully saturated rings. The van der Waals surface area contributed by atoms with E-state index < -0.39 is 0 Å². The number of nitrogens with zero attached hydrogens (tertiary/aromatic N) is 4. The standard InChI is InChI=1S/C23H29N5O2/c1-17-15-25-20(16-24-17)23(30)26-19-6-4-11-28(13-9-19)22(29)10-14-27-12-8-18-5-2-3-7-21(18)27/h2-3,5,7,15-16,19H,4,6,8-14H2,1H3,(H,26,30)/t19-/m0/s1. The molecule has 3 heterocycles. The number of amides is 2. The van der Waals surface area contributed by atoms with Crippen LogP contribution >= 0.6 is 0 Å². The number of nitrogens with one attached hydrogen (secondary N) is 1. The molecule has 0 radical (unpaired) electrons. The van der Waals surface area contributed by atoms with Crippen molar-refractivity contribution in [1.82, 2.24) is 20.2 Å². The minimum atomic E-state index is -0.194. The molecule has 1 aromatic carbocycles. The molecule has 0 spiro atoms. The Kier molecular flexibility index (Phi) is 6.26. The van der Waals surface area contributed by atoms with E-state index in [2.05, 4.69) is 44.5 Å². The van der Waals surface area contributed by atoms with Gasteiger partial charge in [0.2, 0.25) is 5.91 Å². The van der Waals surface area contributed by atoms with Gasteiger partial charge in [-0.1, -0.05) is 18.2 Å². The minimum absolute atomic E-state index is 0.0591. The summed E-state index contributed by atoms with van der Waals surface area (Å²) in [7, 11) is 0. The van der Waals surface area contributed by atoms with Crippen LogP contribution in [0.25, 0.3) is 0 Å². The molecule has 1 N–H and O–H groups in total. The van der Waals surface area contributed by atoms with E-state index in [4.69, 9.17) is 0 Å². The zero-order valence-corrected chi connectivity index (χ0v) is 17.5. The minimum Gasteiger partial charge on any atom is -0.370 e. The van der Waals surface area contributed by atoms with Crippen LogP contribution in [0.3, 0.4) is 0 Å². The molecule has 7 heteroatoms. The molecule has 158 valence electrons. The molecule has 1 atom stereocenters. The summed E-state index contributed by atoms with van der Waals surface area (Å²) >= 11 is 0. The molecule has 7 nitrogen and oxygen atoms in total. The Morgan fingerprint density at radius 2 is 1.97 bits per heavy atom. The number of benzene rings is 1. The number of fused-ring (bicyclic) bond motifs is 1. The third-order valence-electron chi connectivity index (χ3n) is 6.01. The Bertz CT molecular complexity index is 899. The lowest BCUT2D eigenvalue weighted by Gasteiger charge is -2.24. The summed E-state index contributed by atoms with van der Waals surface area (Å²) in [6.45, 7) is 5.03. The van der Waals surface area contributed by atoms with Crippen LogP contribution in [-0.4, -0.2) is 58.9 Å². The van der Waals surface area contributed by atoms with Crippen molar-refractivity contribution in [3.63, 3.8) is 0 Å². The monoisotopic (exact) mass is 407 g/mol. The number of hydrogen-bond donors (Lipinski definition) is 1. The van der Waals surface area contributed by atoms with Gasteiger partial charge in [-0.05, 0) is 44.2 Å². The van der Waals surface area contributed by atoms with Crippen molar-refractivity contribution >= 4 is 17.5 Å². The van der Waals surface area contributed by atoms with E-state index in [9.17, 15) is 9.59 Å². The van der Waals surface area contributed by atoms with Gasteiger partial charge >= 0.3 is 0 Å². The SMILES string of the molecule is Cc1cnc(C(=O)N[C@H]2CCCN(C(=O)CCN3CCc4ccccc43)CC2)cn1. The summed E-state index contributed by atoms with van der Waals surface area (Å²) in [6, 6.07) is 8.51. The summed E-state index contributed by atoms with van der Waals surface area (Å²) in [6.07, 6.45) is 7.22. The number of para-hydroxylation sites is 1. The lowest BCUT2D eigenvalue weighted by atomic mass is 10.1. The topological polar surface area (TPSA) is 78.4 Å². The maximum Gasteiger partial charge on any atom is 0.271 e. The second-order valence-electron chi connectivity index (χ2n) is 8.14. The van der Waals surface area contributed by atoms with Crippen LogP contribution in [0.5, 0.6) is 0 Å². The molecular formula is C23H29N5O2. The van der Waals surface area contributed by atoms with E-state index in [0.29, 0.717) is 18.7 Å². The molecule has 0 bridgehead atoms. The van der Waals surface area contributed by atoms with Crippen LogP contribution in [0.15, 0.2) is 36.7 Å². The first-order valence-corrected chi connectivity index (χ1v) is 10.8. The molecule has 2 amide bonds. The number of likely N-dealkylation sites (tertiary alicyclic amines) is 1. The highest BCUT2D eigenvalue weighted by Gasteiger charge is 2.24. The summed E-state index contributed by atoms with van der Waals surface area (Å²) in [5.41, 5.74) is 3.76. The Morgan fingerprint density at radius 1 is 1.10 bits per heavy atom. The fourth-order valence-corrected chi connectivity index (χ4v) is 4.29.